The summed E-state index contributed by atoms with van der Waals surface area (Å²) in [5, 5.41) is 9.18. The van der Waals surface area contributed by atoms with Crippen LogP contribution in [0.2, 0.25) is 0 Å². The van der Waals surface area contributed by atoms with Crippen LogP contribution in [0.5, 0.6) is 5.75 Å². The Labute approximate surface area is 118 Å². The van der Waals surface area contributed by atoms with Crippen molar-refractivity contribution in [3.63, 3.8) is 0 Å². The summed E-state index contributed by atoms with van der Waals surface area (Å²) < 4.78 is 37.2. The van der Waals surface area contributed by atoms with Crippen LogP contribution in [0.15, 0.2) is 42.6 Å². The van der Waals surface area contributed by atoms with Crippen LogP contribution in [0.1, 0.15) is 16.1 Å². The van der Waals surface area contributed by atoms with Crippen LogP contribution in [-0.4, -0.2) is 23.0 Å². The zero-order valence-electron chi connectivity index (χ0n) is 10.9. The molecule has 110 valence electrons. The van der Waals surface area contributed by atoms with Gasteiger partial charge in [0.05, 0.1) is 5.56 Å². The van der Waals surface area contributed by atoms with Gasteiger partial charge in [0.15, 0.2) is 0 Å². The zero-order chi connectivity index (χ0) is 15.6. The summed E-state index contributed by atoms with van der Waals surface area (Å²) in [6, 6.07) is 7.69. The van der Waals surface area contributed by atoms with Crippen LogP contribution < -0.4 is 4.90 Å². The molecule has 1 heterocycles. The molecule has 0 fully saturated rings. The predicted octanol–water partition coefficient (Wildman–Crippen LogP) is 3.08. The minimum atomic E-state index is -4.54. The first-order chi connectivity index (χ1) is 9.79. The van der Waals surface area contributed by atoms with E-state index in [0.717, 1.165) is 18.3 Å². The van der Waals surface area contributed by atoms with Crippen molar-refractivity contribution in [3.05, 3.63) is 53.9 Å². The van der Waals surface area contributed by atoms with Gasteiger partial charge in [-0.05, 0) is 36.4 Å². The highest BCUT2D eigenvalue weighted by Crippen LogP contribution is 2.27. The molecular weight excluding hydrogens is 285 g/mol. The smallest absolute Gasteiger partial charge is 0.433 e. The number of pyridine rings is 1. The van der Waals surface area contributed by atoms with Gasteiger partial charge in [0, 0.05) is 18.9 Å². The van der Waals surface area contributed by atoms with E-state index in [1.165, 1.54) is 36.2 Å². The number of benzene rings is 1. The van der Waals surface area contributed by atoms with Crippen molar-refractivity contribution in [3.8, 4) is 5.75 Å². The molecule has 0 atom stereocenters. The monoisotopic (exact) mass is 296 g/mol. The van der Waals surface area contributed by atoms with Gasteiger partial charge < -0.3 is 10.0 Å². The quantitative estimate of drug-likeness (QED) is 0.926. The Morgan fingerprint density at radius 3 is 2.24 bits per heavy atom. The van der Waals surface area contributed by atoms with Crippen LogP contribution >= 0.6 is 0 Å². The summed E-state index contributed by atoms with van der Waals surface area (Å²) in [6.45, 7) is 0. The molecule has 7 heteroatoms. The highest BCUT2D eigenvalue weighted by molar-refractivity contribution is 6.05. The molecule has 2 rings (SSSR count). The van der Waals surface area contributed by atoms with Crippen molar-refractivity contribution in [1.82, 2.24) is 4.98 Å². The molecule has 0 saturated carbocycles. The molecule has 0 aliphatic carbocycles. The first kappa shape index (κ1) is 14.8. The second kappa shape index (κ2) is 5.43. The lowest BCUT2D eigenvalue weighted by atomic mass is 10.2. The first-order valence-electron chi connectivity index (χ1n) is 5.89. The number of phenols is 1. The van der Waals surface area contributed by atoms with Crippen LogP contribution in [-0.2, 0) is 6.18 Å². The van der Waals surface area contributed by atoms with Gasteiger partial charge >= 0.3 is 6.18 Å². The summed E-state index contributed by atoms with van der Waals surface area (Å²) in [7, 11) is 1.48. The molecule has 1 amide bonds. The van der Waals surface area contributed by atoms with Gasteiger partial charge in [0.25, 0.3) is 5.91 Å². The lowest BCUT2D eigenvalue weighted by Crippen LogP contribution is -2.26. The number of aromatic hydroxyl groups is 1. The fourth-order valence-corrected chi connectivity index (χ4v) is 1.68. The Morgan fingerprint density at radius 1 is 1.14 bits per heavy atom. The van der Waals surface area contributed by atoms with Gasteiger partial charge in [-0.25, -0.2) is 0 Å². The number of carbonyl (C=O) groups is 1. The van der Waals surface area contributed by atoms with E-state index in [9.17, 15) is 23.1 Å². The Hall–Kier alpha value is -2.57. The molecule has 0 aliphatic heterocycles. The minimum absolute atomic E-state index is 0.0403. The summed E-state index contributed by atoms with van der Waals surface area (Å²) in [6.07, 6.45) is -3.65. The van der Waals surface area contributed by atoms with Gasteiger partial charge in [-0.3, -0.25) is 9.78 Å². The van der Waals surface area contributed by atoms with E-state index in [4.69, 9.17) is 0 Å². The fourth-order valence-electron chi connectivity index (χ4n) is 1.68. The molecule has 0 bridgehead atoms. The highest BCUT2D eigenvalue weighted by atomic mass is 19.4. The number of carbonyl (C=O) groups excluding carboxylic acids is 1. The average Bonchev–Trinajstić information content (AvgIpc) is 2.46. The van der Waals surface area contributed by atoms with E-state index < -0.39 is 17.8 Å². The van der Waals surface area contributed by atoms with E-state index in [2.05, 4.69) is 4.98 Å². The third kappa shape index (κ3) is 3.31. The topological polar surface area (TPSA) is 53.4 Å². The zero-order valence-corrected chi connectivity index (χ0v) is 10.9. The SMILES string of the molecule is CN(C(=O)c1ccc(C(F)(F)F)nc1)c1ccc(O)cc1. The van der Waals surface area contributed by atoms with Crippen molar-refractivity contribution < 1.29 is 23.1 Å². The molecule has 1 N–H and O–H groups in total. The molecule has 0 aliphatic rings. The number of amides is 1. The van der Waals surface area contributed by atoms with Crippen molar-refractivity contribution >= 4 is 11.6 Å². The number of halogens is 3. The van der Waals surface area contributed by atoms with Crippen LogP contribution in [0.3, 0.4) is 0 Å². The van der Waals surface area contributed by atoms with E-state index in [-0.39, 0.29) is 11.3 Å². The maximum atomic E-state index is 12.4. The summed E-state index contributed by atoms with van der Waals surface area (Å²) >= 11 is 0. The normalized spacial score (nSPS) is 11.2. The van der Waals surface area contributed by atoms with Gasteiger partial charge in [-0.2, -0.15) is 13.2 Å². The van der Waals surface area contributed by atoms with Gasteiger partial charge in [0.1, 0.15) is 11.4 Å². The summed E-state index contributed by atoms with van der Waals surface area (Å²) in [5.41, 5.74) is -0.511. The van der Waals surface area contributed by atoms with Crippen molar-refractivity contribution in [2.75, 3.05) is 11.9 Å². The van der Waals surface area contributed by atoms with Crippen LogP contribution in [0.25, 0.3) is 0 Å². The molecule has 0 saturated heterocycles. The fraction of sp³-hybridized carbons (Fsp3) is 0.143. The standard InChI is InChI=1S/C14H11F3N2O2/c1-19(10-3-5-11(20)6-4-10)13(21)9-2-7-12(18-8-9)14(15,16)17/h2-8,20H,1H3. The number of alkyl halides is 3. The Bertz CT molecular complexity index is 637. The highest BCUT2D eigenvalue weighted by Gasteiger charge is 2.32. The second-order valence-corrected chi connectivity index (χ2v) is 4.31. The van der Waals surface area contributed by atoms with Crippen LogP contribution in [0, 0.1) is 0 Å². The van der Waals surface area contributed by atoms with Crippen molar-refractivity contribution in [2.24, 2.45) is 0 Å². The maximum absolute atomic E-state index is 12.4. The molecular formula is C14H11F3N2O2. The summed E-state index contributed by atoms with van der Waals surface area (Å²) in [5.74, 6) is -0.447. The molecule has 0 unspecified atom stereocenters. The van der Waals surface area contributed by atoms with Gasteiger partial charge in [-0.1, -0.05) is 0 Å². The molecule has 1 aromatic heterocycles. The van der Waals surface area contributed by atoms with Gasteiger partial charge in [-0.15, -0.1) is 0 Å². The minimum Gasteiger partial charge on any atom is -0.508 e. The molecule has 2 aromatic rings. The number of rotatable bonds is 2. The predicted molar refractivity (Wildman–Crippen MR) is 70.1 cm³/mol. The largest absolute Gasteiger partial charge is 0.508 e. The summed E-state index contributed by atoms with van der Waals surface area (Å²) in [4.78, 5) is 16.6. The number of nitrogens with zero attached hydrogens (tertiary/aromatic N) is 2. The van der Waals surface area contributed by atoms with E-state index >= 15 is 0 Å². The van der Waals surface area contributed by atoms with E-state index in [1.54, 1.807) is 0 Å². The Morgan fingerprint density at radius 2 is 1.76 bits per heavy atom. The van der Waals surface area contributed by atoms with Crippen molar-refractivity contribution in [2.45, 2.75) is 6.18 Å². The van der Waals surface area contributed by atoms with E-state index in [1.807, 2.05) is 0 Å². The lowest BCUT2D eigenvalue weighted by Gasteiger charge is -2.17. The first-order valence-corrected chi connectivity index (χ1v) is 5.89. The number of anilines is 1. The van der Waals surface area contributed by atoms with Crippen LogP contribution in [0.4, 0.5) is 18.9 Å². The Balaban J connectivity index is 2.21. The number of hydrogen-bond acceptors (Lipinski definition) is 3. The molecule has 4 nitrogen and oxygen atoms in total. The average molecular weight is 296 g/mol. The Kier molecular flexibility index (Phi) is 3.84. The van der Waals surface area contributed by atoms with Gasteiger partial charge in [0.2, 0.25) is 0 Å². The maximum Gasteiger partial charge on any atom is 0.433 e. The molecule has 0 radical (unpaired) electrons. The number of phenolic OH excluding ortho intramolecular Hbond substituents is 1. The number of hydrogen-bond donors (Lipinski definition) is 1. The second-order valence-electron chi connectivity index (χ2n) is 4.31. The van der Waals surface area contributed by atoms with E-state index in [0.29, 0.717) is 5.69 Å². The third-order valence-corrected chi connectivity index (χ3v) is 2.84. The third-order valence-electron chi connectivity index (χ3n) is 2.84. The molecule has 0 spiro atoms. The van der Waals surface area contributed by atoms with Crippen molar-refractivity contribution in [1.29, 1.82) is 0 Å². The molecule has 21 heavy (non-hydrogen) atoms. The lowest BCUT2D eigenvalue weighted by molar-refractivity contribution is -0.141. The number of aromatic nitrogens is 1. The molecule has 1 aromatic carbocycles.